The highest BCUT2D eigenvalue weighted by molar-refractivity contribution is 5.66. The van der Waals surface area contributed by atoms with Gasteiger partial charge in [-0.25, -0.2) is 0 Å². The number of unbranched alkanes of at least 4 members (excludes halogenated alkanes) is 7. The number of carbonyl (C=O) groups is 1. The SMILES string of the molecule is CCCCCC=CCCCCC=CCCOCCCCC(=O)O. The zero-order valence-corrected chi connectivity index (χ0v) is 15.0. The van der Waals surface area contributed by atoms with Crippen LogP contribution in [0.15, 0.2) is 24.3 Å². The van der Waals surface area contributed by atoms with Gasteiger partial charge in [0.2, 0.25) is 0 Å². The van der Waals surface area contributed by atoms with Crippen molar-refractivity contribution in [3.63, 3.8) is 0 Å². The molecule has 0 unspecified atom stereocenters. The Kier molecular flexibility index (Phi) is 18.1. The van der Waals surface area contributed by atoms with E-state index in [9.17, 15) is 4.79 Å². The van der Waals surface area contributed by atoms with Gasteiger partial charge in [-0.2, -0.15) is 0 Å². The lowest BCUT2D eigenvalue weighted by molar-refractivity contribution is -0.137. The molecule has 0 aliphatic rings. The Bertz CT molecular complexity index is 308. The molecule has 0 aromatic carbocycles. The second-order valence-electron chi connectivity index (χ2n) is 5.97. The van der Waals surface area contributed by atoms with Crippen LogP contribution in [-0.4, -0.2) is 24.3 Å². The van der Waals surface area contributed by atoms with Gasteiger partial charge in [-0.15, -0.1) is 0 Å². The molecule has 0 saturated heterocycles. The molecule has 0 rings (SSSR count). The molecule has 0 spiro atoms. The minimum absolute atomic E-state index is 0.247. The van der Waals surface area contributed by atoms with Crippen LogP contribution in [0, 0.1) is 0 Å². The summed E-state index contributed by atoms with van der Waals surface area (Å²) in [5, 5.41) is 8.49. The van der Waals surface area contributed by atoms with Crippen molar-refractivity contribution in [1.82, 2.24) is 0 Å². The van der Waals surface area contributed by atoms with E-state index in [0.717, 1.165) is 25.9 Å². The number of ether oxygens (including phenoxy) is 1. The van der Waals surface area contributed by atoms with Crippen LogP contribution >= 0.6 is 0 Å². The largest absolute Gasteiger partial charge is 0.481 e. The molecule has 0 bridgehead atoms. The Morgan fingerprint density at radius 2 is 1.35 bits per heavy atom. The fourth-order valence-electron chi connectivity index (χ4n) is 2.24. The first-order valence-electron chi connectivity index (χ1n) is 9.37. The average Bonchev–Trinajstić information content (AvgIpc) is 2.53. The monoisotopic (exact) mass is 324 g/mol. The lowest BCUT2D eigenvalue weighted by Gasteiger charge is -2.01. The lowest BCUT2D eigenvalue weighted by atomic mass is 10.1. The van der Waals surface area contributed by atoms with Crippen molar-refractivity contribution >= 4 is 5.97 Å². The van der Waals surface area contributed by atoms with E-state index in [-0.39, 0.29) is 6.42 Å². The van der Waals surface area contributed by atoms with Crippen molar-refractivity contribution in [2.45, 2.75) is 84.0 Å². The molecule has 0 amide bonds. The van der Waals surface area contributed by atoms with Gasteiger partial charge in [0.1, 0.15) is 0 Å². The first-order valence-corrected chi connectivity index (χ1v) is 9.37. The van der Waals surface area contributed by atoms with E-state index in [1.165, 1.54) is 44.9 Å². The summed E-state index contributed by atoms with van der Waals surface area (Å²) in [7, 11) is 0. The van der Waals surface area contributed by atoms with E-state index < -0.39 is 5.97 Å². The Balaban J connectivity index is 3.15. The normalized spacial score (nSPS) is 11.7. The molecule has 3 heteroatoms. The van der Waals surface area contributed by atoms with Gasteiger partial charge in [-0.05, 0) is 57.8 Å². The number of allylic oxidation sites excluding steroid dienone is 3. The topological polar surface area (TPSA) is 46.5 Å². The fraction of sp³-hybridized carbons (Fsp3) is 0.750. The number of rotatable bonds is 17. The first-order chi connectivity index (χ1) is 11.3. The summed E-state index contributed by atoms with van der Waals surface area (Å²) in [6, 6.07) is 0. The van der Waals surface area contributed by atoms with Crippen molar-refractivity contribution in [2.24, 2.45) is 0 Å². The van der Waals surface area contributed by atoms with Gasteiger partial charge < -0.3 is 9.84 Å². The maximum atomic E-state index is 10.3. The van der Waals surface area contributed by atoms with Crippen LogP contribution in [0.2, 0.25) is 0 Å². The maximum absolute atomic E-state index is 10.3. The van der Waals surface area contributed by atoms with Crippen molar-refractivity contribution in [1.29, 1.82) is 0 Å². The van der Waals surface area contributed by atoms with Crippen molar-refractivity contribution < 1.29 is 14.6 Å². The Morgan fingerprint density at radius 1 is 0.783 bits per heavy atom. The van der Waals surface area contributed by atoms with Crippen molar-refractivity contribution in [2.75, 3.05) is 13.2 Å². The molecule has 0 aliphatic heterocycles. The van der Waals surface area contributed by atoms with E-state index in [0.29, 0.717) is 13.0 Å². The molecule has 134 valence electrons. The van der Waals surface area contributed by atoms with Crippen LogP contribution in [0.4, 0.5) is 0 Å². The quantitative estimate of drug-likeness (QED) is 0.267. The Labute approximate surface area is 142 Å². The predicted molar refractivity (Wildman–Crippen MR) is 97.8 cm³/mol. The van der Waals surface area contributed by atoms with E-state index in [2.05, 4.69) is 31.2 Å². The molecule has 0 aromatic heterocycles. The molecule has 0 radical (unpaired) electrons. The second kappa shape index (κ2) is 19.0. The average molecular weight is 325 g/mol. The first kappa shape index (κ1) is 21.9. The van der Waals surface area contributed by atoms with Crippen LogP contribution < -0.4 is 0 Å². The van der Waals surface area contributed by atoms with Gasteiger partial charge in [-0.3, -0.25) is 4.79 Å². The molecule has 0 fully saturated rings. The summed E-state index contributed by atoms with van der Waals surface area (Å²) in [5.74, 6) is -0.722. The van der Waals surface area contributed by atoms with Crippen LogP contribution in [0.3, 0.4) is 0 Å². The number of hydrogen-bond donors (Lipinski definition) is 1. The molecule has 1 N–H and O–H groups in total. The summed E-state index contributed by atoms with van der Waals surface area (Å²) in [6.07, 6.45) is 22.0. The molecule has 0 atom stereocenters. The van der Waals surface area contributed by atoms with Gasteiger partial charge >= 0.3 is 5.97 Å². The third-order valence-corrected chi connectivity index (χ3v) is 3.66. The van der Waals surface area contributed by atoms with E-state index in [1.807, 2.05) is 0 Å². The van der Waals surface area contributed by atoms with E-state index in [1.54, 1.807) is 0 Å². The van der Waals surface area contributed by atoms with Crippen molar-refractivity contribution in [3.05, 3.63) is 24.3 Å². The number of hydrogen-bond acceptors (Lipinski definition) is 2. The molecule has 0 saturated carbocycles. The van der Waals surface area contributed by atoms with Crippen LogP contribution in [0.5, 0.6) is 0 Å². The van der Waals surface area contributed by atoms with Gasteiger partial charge in [0, 0.05) is 13.0 Å². The molecule has 3 nitrogen and oxygen atoms in total. The lowest BCUT2D eigenvalue weighted by Crippen LogP contribution is -1.99. The molecule has 0 aromatic rings. The van der Waals surface area contributed by atoms with Crippen molar-refractivity contribution in [3.8, 4) is 0 Å². The summed E-state index contributed by atoms with van der Waals surface area (Å²) in [6.45, 7) is 3.65. The van der Waals surface area contributed by atoms with E-state index in [4.69, 9.17) is 9.84 Å². The zero-order valence-electron chi connectivity index (χ0n) is 15.0. The van der Waals surface area contributed by atoms with Crippen LogP contribution in [0.25, 0.3) is 0 Å². The molecule has 0 heterocycles. The van der Waals surface area contributed by atoms with Gasteiger partial charge in [0.05, 0.1) is 6.61 Å². The van der Waals surface area contributed by atoms with Crippen LogP contribution in [-0.2, 0) is 9.53 Å². The molecular formula is C20H36O3. The summed E-state index contributed by atoms with van der Waals surface area (Å²) >= 11 is 0. The van der Waals surface area contributed by atoms with Gasteiger partial charge in [0.15, 0.2) is 0 Å². The predicted octanol–water partition coefficient (Wildman–Crippen LogP) is 5.90. The molecule has 23 heavy (non-hydrogen) atoms. The molecular weight excluding hydrogens is 288 g/mol. The minimum Gasteiger partial charge on any atom is -0.481 e. The van der Waals surface area contributed by atoms with Gasteiger partial charge in [-0.1, -0.05) is 44.1 Å². The molecule has 0 aliphatic carbocycles. The number of carboxylic acids is 1. The Hall–Kier alpha value is -1.09. The van der Waals surface area contributed by atoms with Crippen LogP contribution in [0.1, 0.15) is 84.0 Å². The third-order valence-electron chi connectivity index (χ3n) is 3.66. The summed E-state index contributed by atoms with van der Waals surface area (Å²) in [5.41, 5.74) is 0. The summed E-state index contributed by atoms with van der Waals surface area (Å²) in [4.78, 5) is 10.3. The Morgan fingerprint density at radius 3 is 1.91 bits per heavy atom. The maximum Gasteiger partial charge on any atom is 0.303 e. The summed E-state index contributed by atoms with van der Waals surface area (Å²) < 4.78 is 5.46. The second-order valence-corrected chi connectivity index (χ2v) is 5.97. The highest BCUT2D eigenvalue weighted by atomic mass is 16.5. The van der Waals surface area contributed by atoms with Gasteiger partial charge in [0.25, 0.3) is 0 Å². The fourth-order valence-corrected chi connectivity index (χ4v) is 2.24. The zero-order chi connectivity index (χ0) is 17.0. The highest BCUT2D eigenvalue weighted by Crippen LogP contribution is 2.05. The highest BCUT2D eigenvalue weighted by Gasteiger charge is 1.95. The number of aliphatic carboxylic acids is 1. The standard InChI is InChI=1S/C20H36O3/c1-2-3-4-5-6-7-8-9-10-11-12-13-15-18-23-19-16-14-17-20(21)22/h6-7,12-13H,2-5,8-11,14-19H2,1H3,(H,21,22). The minimum atomic E-state index is -0.722. The number of carboxylic acid groups (broad SMARTS) is 1. The third kappa shape index (κ3) is 20.9. The van der Waals surface area contributed by atoms with E-state index >= 15 is 0 Å². The smallest absolute Gasteiger partial charge is 0.303 e.